The maximum atomic E-state index is 4.58. The SMILES string of the molecule is CCCc1nn(C)c2c1NCCC(CC)N2. The van der Waals surface area contributed by atoms with Crippen LogP contribution in [0.2, 0.25) is 0 Å². The summed E-state index contributed by atoms with van der Waals surface area (Å²) in [7, 11) is 2.02. The maximum absolute atomic E-state index is 4.58. The minimum absolute atomic E-state index is 0.568. The van der Waals surface area contributed by atoms with Crippen LogP contribution in [-0.4, -0.2) is 22.4 Å². The molecule has 0 saturated heterocycles. The van der Waals surface area contributed by atoms with Crippen molar-refractivity contribution in [2.24, 2.45) is 7.05 Å². The van der Waals surface area contributed by atoms with Gasteiger partial charge in [-0.2, -0.15) is 5.10 Å². The summed E-state index contributed by atoms with van der Waals surface area (Å²) in [6, 6.07) is 0.568. The number of aromatic nitrogens is 2. The largest absolute Gasteiger partial charge is 0.380 e. The van der Waals surface area contributed by atoms with Crippen LogP contribution in [0.15, 0.2) is 0 Å². The molecule has 0 saturated carbocycles. The summed E-state index contributed by atoms with van der Waals surface area (Å²) < 4.78 is 1.97. The molecule has 1 atom stereocenters. The van der Waals surface area contributed by atoms with Gasteiger partial charge in [-0.05, 0) is 19.3 Å². The van der Waals surface area contributed by atoms with Crippen molar-refractivity contribution >= 4 is 11.5 Å². The van der Waals surface area contributed by atoms with Gasteiger partial charge in [0.25, 0.3) is 0 Å². The molecular formula is C12H22N4. The van der Waals surface area contributed by atoms with Crippen LogP contribution in [0.3, 0.4) is 0 Å². The first-order valence-corrected chi connectivity index (χ1v) is 6.32. The summed E-state index contributed by atoms with van der Waals surface area (Å²) in [5, 5.41) is 11.7. The first kappa shape index (κ1) is 11.3. The van der Waals surface area contributed by atoms with Crippen LogP contribution in [0.4, 0.5) is 11.5 Å². The Bertz CT molecular complexity index is 356. The van der Waals surface area contributed by atoms with E-state index in [2.05, 4.69) is 29.6 Å². The predicted molar refractivity (Wildman–Crippen MR) is 68.0 cm³/mol. The molecule has 0 bridgehead atoms. The average molecular weight is 222 g/mol. The number of hydrogen-bond donors (Lipinski definition) is 2. The first-order chi connectivity index (χ1) is 7.76. The molecule has 4 nitrogen and oxygen atoms in total. The van der Waals surface area contributed by atoms with Gasteiger partial charge in [0.1, 0.15) is 11.5 Å². The lowest BCUT2D eigenvalue weighted by Gasteiger charge is -2.14. The molecule has 0 spiro atoms. The van der Waals surface area contributed by atoms with E-state index in [0.29, 0.717) is 6.04 Å². The van der Waals surface area contributed by atoms with Crippen LogP contribution < -0.4 is 10.6 Å². The summed E-state index contributed by atoms with van der Waals surface area (Å²) in [4.78, 5) is 0. The number of aryl methyl sites for hydroxylation is 2. The summed E-state index contributed by atoms with van der Waals surface area (Å²) in [5.41, 5.74) is 2.42. The Morgan fingerprint density at radius 2 is 2.25 bits per heavy atom. The zero-order chi connectivity index (χ0) is 11.5. The van der Waals surface area contributed by atoms with Gasteiger partial charge in [-0.3, -0.25) is 4.68 Å². The molecule has 0 aromatic carbocycles. The van der Waals surface area contributed by atoms with Crippen molar-refractivity contribution in [2.75, 3.05) is 17.2 Å². The van der Waals surface area contributed by atoms with Crippen molar-refractivity contribution in [3.63, 3.8) is 0 Å². The second kappa shape index (κ2) is 4.76. The fourth-order valence-corrected chi connectivity index (χ4v) is 2.29. The molecular weight excluding hydrogens is 200 g/mol. The van der Waals surface area contributed by atoms with E-state index < -0.39 is 0 Å². The van der Waals surface area contributed by atoms with Crippen molar-refractivity contribution < 1.29 is 0 Å². The molecule has 1 aliphatic heterocycles. The normalized spacial score (nSPS) is 19.6. The fraction of sp³-hybridized carbons (Fsp3) is 0.750. The number of fused-ring (bicyclic) bond motifs is 1. The minimum atomic E-state index is 0.568. The maximum Gasteiger partial charge on any atom is 0.148 e. The average Bonchev–Trinajstić information content (AvgIpc) is 2.50. The van der Waals surface area contributed by atoms with Crippen LogP contribution in [0.5, 0.6) is 0 Å². The number of nitrogens with one attached hydrogen (secondary N) is 2. The Hall–Kier alpha value is -1.19. The zero-order valence-corrected chi connectivity index (χ0v) is 10.5. The van der Waals surface area contributed by atoms with Crippen LogP contribution in [0.25, 0.3) is 0 Å². The van der Waals surface area contributed by atoms with E-state index in [0.717, 1.165) is 31.6 Å². The molecule has 0 fully saturated rings. The lowest BCUT2D eigenvalue weighted by atomic mass is 10.1. The van der Waals surface area contributed by atoms with E-state index in [9.17, 15) is 0 Å². The first-order valence-electron chi connectivity index (χ1n) is 6.32. The van der Waals surface area contributed by atoms with Gasteiger partial charge in [-0.1, -0.05) is 20.3 Å². The van der Waals surface area contributed by atoms with Crippen molar-refractivity contribution in [3.05, 3.63) is 5.69 Å². The van der Waals surface area contributed by atoms with Gasteiger partial charge in [0, 0.05) is 19.6 Å². The second-order valence-electron chi connectivity index (χ2n) is 4.51. The Morgan fingerprint density at radius 3 is 2.94 bits per heavy atom. The topological polar surface area (TPSA) is 41.9 Å². The molecule has 2 rings (SSSR count). The third kappa shape index (κ3) is 2.01. The van der Waals surface area contributed by atoms with Gasteiger partial charge in [0.15, 0.2) is 0 Å². The van der Waals surface area contributed by atoms with Crippen molar-refractivity contribution in [1.82, 2.24) is 9.78 Å². The van der Waals surface area contributed by atoms with Gasteiger partial charge in [-0.25, -0.2) is 0 Å². The molecule has 1 unspecified atom stereocenters. The highest BCUT2D eigenvalue weighted by Crippen LogP contribution is 2.30. The molecule has 16 heavy (non-hydrogen) atoms. The standard InChI is InChI=1S/C12H22N4/c1-4-6-10-11-12(16(3)15-10)14-9(5-2)7-8-13-11/h9,13-14H,4-8H2,1-3H3. The summed E-state index contributed by atoms with van der Waals surface area (Å²) in [6.07, 6.45) is 4.53. The van der Waals surface area contributed by atoms with E-state index in [1.807, 2.05) is 11.7 Å². The molecule has 0 radical (unpaired) electrons. The molecule has 0 aliphatic carbocycles. The molecule has 1 aliphatic rings. The zero-order valence-electron chi connectivity index (χ0n) is 10.5. The number of rotatable bonds is 3. The lowest BCUT2D eigenvalue weighted by Crippen LogP contribution is -2.20. The molecule has 1 aromatic rings. The minimum Gasteiger partial charge on any atom is -0.380 e. The molecule has 2 heterocycles. The van der Waals surface area contributed by atoms with Gasteiger partial charge < -0.3 is 10.6 Å². The number of anilines is 2. The Kier molecular flexibility index (Phi) is 3.36. The summed E-state index contributed by atoms with van der Waals surface area (Å²) in [5.74, 6) is 1.16. The van der Waals surface area contributed by atoms with Crippen LogP contribution in [-0.2, 0) is 13.5 Å². The molecule has 0 amide bonds. The smallest absolute Gasteiger partial charge is 0.148 e. The van der Waals surface area contributed by atoms with Crippen LogP contribution in [0.1, 0.15) is 38.8 Å². The summed E-state index contributed by atoms with van der Waals surface area (Å²) >= 11 is 0. The highest BCUT2D eigenvalue weighted by Gasteiger charge is 2.20. The van der Waals surface area contributed by atoms with Gasteiger partial charge in [-0.15, -0.1) is 0 Å². The van der Waals surface area contributed by atoms with E-state index in [1.54, 1.807) is 0 Å². The quantitative estimate of drug-likeness (QED) is 0.825. The van der Waals surface area contributed by atoms with Gasteiger partial charge in [0.2, 0.25) is 0 Å². The number of hydrogen-bond acceptors (Lipinski definition) is 3. The predicted octanol–water partition coefficient (Wildman–Crippen LogP) is 2.38. The third-order valence-electron chi connectivity index (χ3n) is 3.23. The highest BCUT2D eigenvalue weighted by atomic mass is 15.3. The van der Waals surface area contributed by atoms with E-state index in [1.165, 1.54) is 17.8 Å². The molecule has 90 valence electrons. The van der Waals surface area contributed by atoms with Crippen LogP contribution >= 0.6 is 0 Å². The van der Waals surface area contributed by atoms with Crippen molar-refractivity contribution in [1.29, 1.82) is 0 Å². The van der Waals surface area contributed by atoms with Crippen molar-refractivity contribution in [3.8, 4) is 0 Å². The monoisotopic (exact) mass is 222 g/mol. The van der Waals surface area contributed by atoms with Gasteiger partial charge in [0.05, 0.1) is 5.69 Å². The molecule has 1 aromatic heterocycles. The highest BCUT2D eigenvalue weighted by molar-refractivity contribution is 5.69. The molecule has 2 N–H and O–H groups in total. The third-order valence-corrected chi connectivity index (χ3v) is 3.23. The Morgan fingerprint density at radius 1 is 1.44 bits per heavy atom. The summed E-state index contributed by atoms with van der Waals surface area (Å²) in [6.45, 7) is 5.47. The lowest BCUT2D eigenvalue weighted by molar-refractivity contribution is 0.643. The van der Waals surface area contributed by atoms with E-state index in [4.69, 9.17) is 0 Å². The second-order valence-corrected chi connectivity index (χ2v) is 4.51. The van der Waals surface area contributed by atoms with E-state index >= 15 is 0 Å². The van der Waals surface area contributed by atoms with Crippen molar-refractivity contribution in [2.45, 2.75) is 45.6 Å². The number of nitrogens with zero attached hydrogens (tertiary/aromatic N) is 2. The Labute approximate surface area is 97.4 Å². The van der Waals surface area contributed by atoms with Crippen LogP contribution in [0, 0.1) is 0 Å². The molecule has 4 heteroatoms. The fourth-order valence-electron chi connectivity index (χ4n) is 2.29. The Balaban J connectivity index is 2.30. The van der Waals surface area contributed by atoms with E-state index in [-0.39, 0.29) is 0 Å². The van der Waals surface area contributed by atoms with Gasteiger partial charge >= 0.3 is 0 Å².